The van der Waals surface area contributed by atoms with E-state index in [9.17, 15) is 14.4 Å². The molecule has 0 aromatic heterocycles. The topological polar surface area (TPSA) is 97.0 Å². The Kier molecular flexibility index (Phi) is 7.64. The quantitative estimate of drug-likeness (QED) is 0.722. The van der Waals surface area contributed by atoms with Gasteiger partial charge in [0.05, 0.1) is 0 Å². The molecule has 2 fully saturated rings. The highest BCUT2D eigenvalue weighted by molar-refractivity contribution is 5.87. The number of ether oxygens (including phenoxy) is 2. The Balaban J connectivity index is 1.45. The lowest BCUT2D eigenvalue weighted by Crippen LogP contribution is -2.51. The number of amides is 3. The maximum Gasteiger partial charge on any atom is 0.408 e. The molecule has 3 amide bonds. The number of benzene rings is 1. The van der Waals surface area contributed by atoms with Gasteiger partial charge in [-0.15, -0.1) is 0 Å². The number of carbonyl (C=O) groups excluding carboxylic acids is 3. The summed E-state index contributed by atoms with van der Waals surface area (Å²) in [6.45, 7) is 8.41. The second-order valence-electron chi connectivity index (χ2n) is 9.78. The summed E-state index contributed by atoms with van der Waals surface area (Å²) in [7, 11) is 0. The van der Waals surface area contributed by atoms with E-state index in [2.05, 4.69) is 17.6 Å². The highest BCUT2D eigenvalue weighted by atomic mass is 16.6. The van der Waals surface area contributed by atoms with Crippen molar-refractivity contribution in [1.82, 2.24) is 15.5 Å². The van der Waals surface area contributed by atoms with E-state index in [1.54, 1.807) is 0 Å². The number of hydrogen-bond donors (Lipinski definition) is 2. The number of carbonyl (C=O) groups is 3. The molecule has 0 bridgehead atoms. The summed E-state index contributed by atoms with van der Waals surface area (Å²) >= 11 is 0. The second kappa shape index (κ2) is 10.2. The maximum absolute atomic E-state index is 12.9. The van der Waals surface area contributed by atoms with Crippen LogP contribution in [-0.4, -0.2) is 53.3 Å². The molecule has 0 radical (unpaired) electrons. The highest BCUT2D eigenvalue weighted by Gasteiger charge is 2.41. The van der Waals surface area contributed by atoms with Crippen LogP contribution in [0.25, 0.3) is 0 Å². The van der Waals surface area contributed by atoms with Gasteiger partial charge in [-0.3, -0.25) is 4.79 Å². The van der Waals surface area contributed by atoms with Gasteiger partial charge in [0.2, 0.25) is 5.91 Å². The molecule has 176 valence electrons. The van der Waals surface area contributed by atoms with Crippen molar-refractivity contribution < 1.29 is 23.9 Å². The van der Waals surface area contributed by atoms with Gasteiger partial charge in [-0.2, -0.15) is 0 Å². The van der Waals surface area contributed by atoms with E-state index in [-0.39, 0.29) is 30.5 Å². The number of hydrogen-bond acceptors (Lipinski definition) is 5. The summed E-state index contributed by atoms with van der Waals surface area (Å²) in [6, 6.07) is 9.01. The monoisotopic (exact) mass is 445 g/mol. The molecule has 1 heterocycles. The molecule has 1 saturated heterocycles. The summed E-state index contributed by atoms with van der Waals surface area (Å²) in [4.78, 5) is 39.0. The van der Waals surface area contributed by atoms with Crippen LogP contribution in [0.15, 0.2) is 30.3 Å². The smallest absolute Gasteiger partial charge is 0.408 e. The van der Waals surface area contributed by atoms with Gasteiger partial charge in [-0.1, -0.05) is 37.3 Å². The molecule has 3 rings (SSSR count). The van der Waals surface area contributed by atoms with E-state index in [0.29, 0.717) is 13.0 Å². The van der Waals surface area contributed by atoms with Crippen LogP contribution in [0.1, 0.15) is 58.9 Å². The molecular formula is C24H35N3O5. The molecule has 4 atom stereocenters. The number of nitrogens with zero attached hydrogens (tertiary/aromatic N) is 1. The van der Waals surface area contributed by atoms with Gasteiger partial charge in [0.15, 0.2) is 0 Å². The van der Waals surface area contributed by atoms with Crippen LogP contribution in [0.2, 0.25) is 0 Å². The van der Waals surface area contributed by atoms with Gasteiger partial charge in [-0.05, 0) is 57.9 Å². The molecule has 8 nitrogen and oxygen atoms in total. The second-order valence-corrected chi connectivity index (χ2v) is 9.78. The lowest BCUT2D eigenvalue weighted by atomic mass is 9.82. The normalized spacial score (nSPS) is 25.9. The zero-order valence-electron chi connectivity index (χ0n) is 19.4. The summed E-state index contributed by atoms with van der Waals surface area (Å²) in [5.41, 5.74) is 0.367. The first kappa shape index (κ1) is 23.9. The standard InChI is InChI=1S/C24H35N3O5/c1-16-14-18(25-23(30)32-24(2,3)4)10-11-20(16)27-13-12-19(21(27)28)26-22(29)31-15-17-8-6-5-7-9-17/h5-9,16,18-20H,10-15H2,1-4H3,(H,25,30)(H,26,29)/t16-,18-,19+,20+/m1/s1. The molecule has 1 aromatic carbocycles. The number of rotatable bonds is 5. The van der Waals surface area contributed by atoms with Crippen molar-refractivity contribution >= 4 is 18.1 Å². The Bertz CT molecular complexity index is 808. The predicted octanol–water partition coefficient (Wildman–Crippen LogP) is 3.60. The zero-order valence-corrected chi connectivity index (χ0v) is 19.4. The molecular weight excluding hydrogens is 410 g/mol. The third kappa shape index (κ3) is 6.61. The largest absolute Gasteiger partial charge is 0.445 e. The van der Waals surface area contributed by atoms with Crippen LogP contribution in [0, 0.1) is 5.92 Å². The van der Waals surface area contributed by atoms with Gasteiger partial charge >= 0.3 is 12.2 Å². The summed E-state index contributed by atoms with van der Waals surface area (Å²) in [5.74, 6) is 0.175. The van der Waals surface area contributed by atoms with Crippen molar-refractivity contribution in [1.29, 1.82) is 0 Å². The van der Waals surface area contributed by atoms with Crippen LogP contribution >= 0.6 is 0 Å². The van der Waals surface area contributed by atoms with Gasteiger partial charge in [0, 0.05) is 18.6 Å². The van der Waals surface area contributed by atoms with Gasteiger partial charge in [0.1, 0.15) is 18.2 Å². The fraction of sp³-hybridized carbons (Fsp3) is 0.625. The Morgan fingerprint density at radius 1 is 1.06 bits per heavy atom. The molecule has 2 N–H and O–H groups in total. The van der Waals surface area contributed by atoms with Crippen LogP contribution in [0.4, 0.5) is 9.59 Å². The molecule has 8 heteroatoms. The van der Waals surface area contributed by atoms with E-state index < -0.39 is 23.8 Å². The maximum atomic E-state index is 12.9. The van der Waals surface area contributed by atoms with Crippen LogP contribution < -0.4 is 10.6 Å². The fourth-order valence-electron chi connectivity index (χ4n) is 4.52. The van der Waals surface area contributed by atoms with Crippen molar-refractivity contribution in [2.24, 2.45) is 5.92 Å². The Morgan fingerprint density at radius 3 is 2.44 bits per heavy atom. The molecule has 1 aliphatic heterocycles. The summed E-state index contributed by atoms with van der Waals surface area (Å²) in [6.07, 6.45) is 1.97. The fourth-order valence-corrected chi connectivity index (χ4v) is 4.52. The van der Waals surface area contributed by atoms with E-state index >= 15 is 0 Å². The first-order valence-electron chi connectivity index (χ1n) is 11.4. The van der Waals surface area contributed by atoms with Crippen LogP contribution in [0.3, 0.4) is 0 Å². The third-order valence-corrected chi connectivity index (χ3v) is 5.99. The molecule has 2 aliphatic rings. The third-order valence-electron chi connectivity index (χ3n) is 5.99. The minimum Gasteiger partial charge on any atom is -0.445 e. The Hall–Kier alpha value is -2.77. The SMILES string of the molecule is C[C@@H]1C[C@H](NC(=O)OC(C)(C)C)CC[C@@H]1N1CC[C@H](NC(=O)OCc2ccccc2)C1=O. The minimum absolute atomic E-state index is 0.0377. The van der Waals surface area contributed by atoms with Crippen LogP contribution in [-0.2, 0) is 20.9 Å². The molecule has 1 aromatic rings. The van der Waals surface area contributed by atoms with Gasteiger partial charge in [0.25, 0.3) is 0 Å². The van der Waals surface area contributed by atoms with Crippen LogP contribution in [0.5, 0.6) is 0 Å². The zero-order chi connectivity index (χ0) is 23.3. The number of likely N-dealkylation sites (tertiary alicyclic amines) is 1. The predicted molar refractivity (Wildman–Crippen MR) is 120 cm³/mol. The average molecular weight is 446 g/mol. The van der Waals surface area contributed by atoms with E-state index in [0.717, 1.165) is 24.8 Å². The van der Waals surface area contributed by atoms with E-state index in [1.165, 1.54) is 0 Å². The first-order valence-corrected chi connectivity index (χ1v) is 11.4. The molecule has 0 spiro atoms. The van der Waals surface area contributed by atoms with Crippen molar-refractivity contribution in [2.45, 2.75) is 83.7 Å². The highest BCUT2D eigenvalue weighted by Crippen LogP contribution is 2.31. The minimum atomic E-state index is -0.577. The van der Waals surface area contributed by atoms with E-state index in [4.69, 9.17) is 9.47 Å². The van der Waals surface area contributed by atoms with Crippen molar-refractivity contribution in [3.05, 3.63) is 35.9 Å². The summed E-state index contributed by atoms with van der Waals surface area (Å²) in [5, 5.41) is 5.67. The van der Waals surface area contributed by atoms with Crippen molar-refractivity contribution in [2.75, 3.05) is 6.54 Å². The average Bonchev–Trinajstić information content (AvgIpc) is 3.06. The molecule has 32 heavy (non-hydrogen) atoms. The molecule has 1 aliphatic carbocycles. The lowest BCUT2D eigenvalue weighted by Gasteiger charge is -2.39. The Labute approximate surface area is 190 Å². The molecule has 1 saturated carbocycles. The van der Waals surface area contributed by atoms with Crippen molar-refractivity contribution in [3.63, 3.8) is 0 Å². The van der Waals surface area contributed by atoms with Crippen molar-refractivity contribution in [3.8, 4) is 0 Å². The van der Waals surface area contributed by atoms with Gasteiger partial charge in [-0.25, -0.2) is 9.59 Å². The molecule has 0 unspecified atom stereocenters. The Morgan fingerprint density at radius 2 is 1.78 bits per heavy atom. The number of nitrogens with one attached hydrogen (secondary N) is 2. The summed E-state index contributed by atoms with van der Waals surface area (Å²) < 4.78 is 10.6. The number of alkyl carbamates (subject to hydrolysis) is 2. The van der Waals surface area contributed by atoms with Gasteiger partial charge < -0.3 is 25.0 Å². The lowest BCUT2D eigenvalue weighted by molar-refractivity contribution is -0.133. The van der Waals surface area contributed by atoms with E-state index in [1.807, 2.05) is 56.0 Å². The first-order chi connectivity index (χ1) is 15.1.